The first-order valence-corrected chi connectivity index (χ1v) is 23.8. The fourth-order valence-corrected chi connectivity index (χ4v) is 9.40. The van der Waals surface area contributed by atoms with Crippen LogP contribution in [0.5, 0.6) is 23.0 Å². The van der Waals surface area contributed by atoms with E-state index in [-0.39, 0.29) is 48.7 Å². The van der Waals surface area contributed by atoms with E-state index in [1.807, 2.05) is 0 Å². The van der Waals surface area contributed by atoms with E-state index in [1.54, 1.807) is 0 Å². The molecule has 0 radical (unpaired) electrons. The Morgan fingerprint density at radius 1 is 0.288 bits per heavy atom. The van der Waals surface area contributed by atoms with Gasteiger partial charge in [-0.1, -0.05) is 168 Å². The fourth-order valence-electron chi connectivity index (χ4n) is 9.40. The van der Waals surface area contributed by atoms with Gasteiger partial charge in [-0.3, -0.25) is 0 Å². The van der Waals surface area contributed by atoms with Crippen molar-refractivity contribution in [1.82, 2.24) is 0 Å². The number of fused-ring (bicyclic) bond motifs is 8. The SMILES string of the molecule is Cc1ccc(Cc2cc3c(O)c(c2)Cc2cc(Cc4ccc(C)cc4)cc(c2O)Cc2cc(Cc4ccc(C)cc4)cc(c2O)Cc2cc(Cc4ccc(C)cc4)cc(c2O)C3)cc1.[O]=[W]. The molecule has 0 aromatic heterocycles. The number of aryl methyl sites for hydroxylation is 4. The van der Waals surface area contributed by atoms with Gasteiger partial charge < -0.3 is 20.4 Å². The van der Waals surface area contributed by atoms with E-state index in [4.69, 9.17) is 3.40 Å². The van der Waals surface area contributed by atoms with Gasteiger partial charge in [0.2, 0.25) is 0 Å². The predicted octanol–water partition coefficient (Wildman–Crippen LogP) is 12.7. The van der Waals surface area contributed by atoms with Gasteiger partial charge in [0.15, 0.2) is 0 Å². The van der Waals surface area contributed by atoms with Crippen molar-refractivity contribution in [2.75, 3.05) is 0 Å². The van der Waals surface area contributed by atoms with Gasteiger partial charge in [-0.25, -0.2) is 0 Å². The zero-order valence-electron chi connectivity index (χ0n) is 38.1. The average molecular weight is 1040 g/mol. The summed E-state index contributed by atoms with van der Waals surface area (Å²) in [6.07, 6.45) is 3.80. The standard InChI is InChI=1S/C60H56O4.O.W/c1-37-5-13-41(14-6-37)21-45-25-49-33-51-27-46(22-42-15-7-38(2)8-16-42)29-53(58(51)62)35-55-31-48(24-44-19-11-40(4)12-20-44)32-56(60(55)64)36-54-30-47(23-43-17-9-39(3)10-18-43)28-52(59(54)63)34-50(26-45)57(49)61;;/h5-20,25-32,61-64H,21-24,33-36H2,1-4H3;;. The van der Waals surface area contributed by atoms with Gasteiger partial charge in [0.05, 0.1) is 0 Å². The number of hydrogen-bond donors (Lipinski definition) is 4. The van der Waals surface area contributed by atoms with E-state index in [0.717, 1.165) is 44.5 Å². The molecule has 8 aromatic carbocycles. The molecular weight excluding hydrogens is 984 g/mol. The van der Waals surface area contributed by atoms with Crippen molar-refractivity contribution >= 4 is 0 Å². The Morgan fingerprint density at radius 2 is 0.439 bits per heavy atom. The molecule has 8 aromatic rings. The number of phenols is 4. The number of aromatic hydroxyl groups is 4. The summed E-state index contributed by atoms with van der Waals surface area (Å²) in [5.74, 6) is 0.660. The van der Waals surface area contributed by atoms with Gasteiger partial charge in [-0.2, -0.15) is 0 Å². The molecule has 0 fully saturated rings. The molecule has 8 bridgehead atoms. The Labute approximate surface area is 400 Å². The van der Waals surface area contributed by atoms with Crippen molar-refractivity contribution < 1.29 is 43.6 Å². The van der Waals surface area contributed by atoms with Gasteiger partial charge >= 0.3 is 23.2 Å². The van der Waals surface area contributed by atoms with Crippen molar-refractivity contribution in [2.45, 2.75) is 79.1 Å². The van der Waals surface area contributed by atoms with Gasteiger partial charge in [0.1, 0.15) is 23.0 Å². The first-order chi connectivity index (χ1) is 31.9. The maximum atomic E-state index is 12.3. The molecule has 0 heterocycles. The molecule has 6 heteroatoms. The molecule has 0 saturated heterocycles. The second-order valence-electron chi connectivity index (χ2n) is 18.4. The number of phenolic OH excluding ortho intramolecular Hbond substituents is 4. The Hall–Kier alpha value is -6.55. The molecular formula is C60H56O5W. The fraction of sp³-hybridized carbons (Fsp3) is 0.200. The van der Waals surface area contributed by atoms with E-state index < -0.39 is 0 Å². The third kappa shape index (κ3) is 10.9. The predicted molar refractivity (Wildman–Crippen MR) is 260 cm³/mol. The van der Waals surface area contributed by atoms with E-state index >= 15 is 0 Å². The van der Waals surface area contributed by atoms with Crippen LogP contribution in [0.3, 0.4) is 0 Å². The van der Waals surface area contributed by atoms with E-state index in [2.05, 4.69) is 173 Å². The van der Waals surface area contributed by atoms with Crippen LogP contribution in [0.2, 0.25) is 0 Å². The molecule has 1 aliphatic rings. The Morgan fingerprint density at radius 3 is 0.591 bits per heavy atom. The molecule has 0 saturated carbocycles. The minimum atomic E-state index is 0.165. The molecule has 1 aliphatic carbocycles. The van der Waals surface area contributed by atoms with Gasteiger partial charge in [0, 0.05) is 25.7 Å². The maximum absolute atomic E-state index is 12.3. The zero-order chi connectivity index (χ0) is 46.5. The molecule has 0 aliphatic heterocycles. The summed E-state index contributed by atoms with van der Waals surface area (Å²) < 4.78 is 8.33. The molecule has 9 rings (SSSR count). The molecule has 4 N–H and O–H groups in total. The van der Waals surface area contributed by atoms with Gasteiger partial charge in [-0.05, 0) is 142 Å². The van der Waals surface area contributed by atoms with Crippen LogP contribution >= 0.6 is 0 Å². The van der Waals surface area contributed by atoms with E-state index in [9.17, 15) is 20.4 Å². The average Bonchev–Trinajstić information content (AvgIpc) is 3.30. The van der Waals surface area contributed by atoms with Gasteiger partial charge in [-0.15, -0.1) is 0 Å². The van der Waals surface area contributed by atoms with Crippen LogP contribution in [0.25, 0.3) is 0 Å². The summed E-state index contributed by atoms with van der Waals surface area (Å²) >= 11 is 0.333. The molecule has 332 valence electrons. The summed E-state index contributed by atoms with van der Waals surface area (Å²) in [4.78, 5) is 0. The van der Waals surface area contributed by atoms with Crippen LogP contribution in [0.4, 0.5) is 0 Å². The van der Waals surface area contributed by atoms with Crippen LogP contribution in [0.15, 0.2) is 146 Å². The molecule has 66 heavy (non-hydrogen) atoms. The quantitative estimate of drug-likeness (QED) is 0.122. The minimum absolute atomic E-state index is 0.165. The topological polar surface area (TPSA) is 98.0 Å². The second-order valence-corrected chi connectivity index (χ2v) is 18.4. The van der Waals surface area contributed by atoms with Crippen LogP contribution < -0.4 is 0 Å². The molecule has 0 unspecified atom stereocenters. The molecule has 5 nitrogen and oxygen atoms in total. The Balaban J connectivity index is 0.00000292. The number of hydrogen-bond acceptors (Lipinski definition) is 5. The van der Waals surface area contributed by atoms with Crippen molar-refractivity contribution in [2.24, 2.45) is 0 Å². The third-order valence-electron chi connectivity index (χ3n) is 12.9. The van der Waals surface area contributed by atoms with Crippen LogP contribution in [-0.2, 0) is 74.5 Å². The van der Waals surface area contributed by atoms with E-state index in [0.29, 0.717) is 90.0 Å². The summed E-state index contributed by atoms with van der Waals surface area (Å²) in [5.41, 5.74) is 19.3. The molecule has 0 amide bonds. The van der Waals surface area contributed by atoms with Crippen molar-refractivity contribution in [3.05, 3.63) is 257 Å². The summed E-state index contributed by atoms with van der Waals surface area (Å²) in [7, 11) is 0. The zero-order valence-corrected chi connectivity index (χ0v) is 41.1. The Kier molecular flexibility index (Phi) is 14.2. The summed E-state index contributed by atoms with van der Waals surface area (Å²) in [6, 6.07) is 50.7. The van der Waals surface area contributed by atoms with Crippen LogP contribution in [0, 0.1) is 27.7 Å². The summed E-state index contributed by atoms with van der Waals surface area (Å²) in [6.45, 7) is 8.35. The molecule has 0 spiro atoms. The van der Waals surface area contributed by atoms with Crippen molar-refractivity contribution in [3.8, 4) is 23.0 Å². The van der Waals surface area contributed by atoms with Crippen molar-refractivity contribution in [1.29, 1.82) is 0 Å². The van der Waals surface area contributed by atoms with Gasteiger partial charge in [0.25, 0.3) is 0 Å². The van der Waals surface area contributed by atoms with E-state index in [1.165, 1.54) is 22.3 Å². The number of rotatable bonds is 8. The van der Waals surface area contributed by atoms with Crippen LogP contribution in [-0.4, -0.2) is 20.4 Å². The van der Waals surface area contributed by atoms with Crippen molar-refractivity contribution in [3.63, 3.8) is 0 Å². The Bertz CT molecular complexity index is 2500. The number of benzene rings is 8. The summed E-state index contributed by atoms with van der Waals surface area (Å²) in [5, 5.41) is 49.2. The molecule has 0 atom stereocenters. The monoisotopic (exact) mass is 1040 g/mol. The second kappa shape index (κ2) is 20.3. The normalized spacial score (nSPS) is 12.0. The first-order valence-electron chi connectivity index (χ1n) is 22.6. The first kappa shape index (κ1) is 46.0. The third-order valence-corrected chi connectivity index (χ3v) is 12.9. The van der Waals surface area contributed by atoms with Crippen LogP contribution in [0.1, 0.15) is 111 Å².